The Bertz CT molecular complexity index is 377. The van der Waals surface area contributed by atoms with Gasteiger partial charge in [0.2, 0.25) is 0 Å². The van der Waals surface area contributed by atoms with Crippen LogP contribution in [0.3, 0.4) is 0 Å². The second-order valence-corrected chi connectivity index (χ2v) is 5.45. The summed E-state index contributed by atoms with van der Waals surface area (Å²) in [6.07, 6.45) is 12.3. The second-order valence-electron chi connectivity index (χ2n) is 5.45. The van der Waals surface area contributed by atoms with Crippen molar-refractivity contribution in [2.75, 3.05) is 6.54 Å². The zero-order valence-corrected chi connectivity index (χ0v) is 13.7. The van der Waals surface area contributed by atoms with Crippen molar-refractivity contribution in [3.63, 3.8) is 0 Å². The van der Waals surface area contributed by atoms with Crippen LogP contribution in [0.5, 0.6) is 0 Å². The van der Waals surface area contributed by atoms with Gasteiger partial charge in [-0.2, -0.15) is 0 Å². The molecule has 0 radical (unpaired) electrons. The van der Waals surface area contributed by atoms with E-state index in [1.54, 1.807) is 6.92 Å². The van der Waals surface area contributed by atoms with E-state index in [-0.39, 0.29) is 6.10 Å². The Kier molecular flexibility index (Phi) is 11.5. The number of aliphatic hydroxyl groups excluding tert-OH is 1. The van der Waals surface area contributed by atoms with Crippen molar-refractivity contribution >= 4 is 6.21 Å². The Balaban J connectivity index is 4.20. The van der Waals surface area contributed by atoms with Crippen LogP contribution >= 0.6 is 0 Å². The first-order chi connectivity index (χ1) is 10.0. The zero-order valence-electron chi connectivity index (χ0n) is 13.7. The largest absolute Gasteiger partial charge is 0.393 e. The molecule has 0 aliphatic carbocycles. The van der Waals surface area contributed by atoms with Crippen LogP contribution in [0, 0.1) is 5.92 Å². The molecule has 0 aromatic carbocycles. The van der Waals surface area contributed by atoms with Crippen LogP contribution in [0.4, 0.5) is 0 Å². The van der Waals surface area contributed by atoms with Gasteiger partial charge in [-0.3, -0.25) is 4.99 Å². The minimum atomic E-state index is -0.252. The normalized spacial score (nSPS) is 14.4. The van der Waals surface area contributed by atoms with E-state index in [1.165, 1.54) is 0 Å². The molecule has 2 unspecified atom stereocenters. The van der Waals surface area contributed by atoms with Crippen LogP contribution in [-0.4, -0.2) is 24.0 Å². The van der Waals surface area contributed by atoms with Crippen LogP contribution in [-0.2, 0) is 0 Å². The molecule has 0 aromatic rings. The van der Waals surface area contributed by atoms with E-state index in [0.717, 1.165) is 49.8 Å². The molecule has 0 aliphatic rings. The highest BCUT2D eigenvalue weighted by Crippen LogP contribution is 2.15. The Hall–Kier alpha value is -1.41. The minimum absolute atomic E-state index is 0.252. The Morgan fingerprint density at radius 3 is 2.57 bits per heavy atom. The van der Waals surface area contributed by atoms with Crippen LogP contribution in [0.1, 0.15) is 46.0 Å². The van der Waals surface area contributed by atoms with Gasteiger partial charge < -0.3 is 5.11 Å². The first-order valence-electron chi connectivity index (χ1n) is 7.81. The molecule has 0 heterocycles. The Morgan fingerprint density at radius 1 is 1.29 bits per heavy atom. The third-order valence-electron chi connectivity index (χ3n) is 3.35. The molecule has 0 spiro atoms. The molecule has 0 saturated carbocycles. The van der Waals surface area contributed by atoms with Crippen molar-refractivity contribution < 1.29 is 5.11 Å². The molecule has 1 N–H and O–H groups in total. The monoisotopic (exact) mass is 289 g/mol. The highest BCUT2D eigenvalue weighted by molar-refractivity contribution is 5.57. The summed E-state index contributed by atoms with van der Waals surface area (Å²) in [5, 5.41) is 9.18. The van der Waals surface area contributed by atoms with E-state index >= 15 is 0 Å². The maximum absolute atomic E-state index is 9.18. The fraction of sp³-hybridized carbons (Fsp3) is 0.526. The van der Waals surface area contributed by atoms with Crippen molar-refractivity contribution in [2.45, 2.75) is 52.1 Å². The third-order valence-corrected chi connectivity index (χ3v) is 3.35. The van der Waals surface area contributed by atoms with Gasteiger partial charge in [-0.15, -0.1) is 6.58 Å². The number of aliphatic hydroxyl groups is 1. The van der Waals surface area contributed by atoms with Gasteiger partial charge in [0, 0.05) is 6.54 Å². The molecule has 0 fully saturated rings. The van der Waals surface area contributed by atoms with Crippen molar-refractivity contribution in [3.8, 4) is 0 Å². The summed E-state index contributed by atoms with van der Waals surface area (Å²) in [7, 11) is 0. The number of hydrogen-bond acceptors (Lipinski definition) is 2. The summed E-state index contributed by atoms with van der Waals surface area (Å²) < 4.78 is 0. The SMILES string of the molecule is C=CCC(C=CCC(=C)C(=C)CC)C/N=C\CCC(C)O. The smallest absolute Gasteiger partial charge is 0.0515 e. The maximum atomic E-state index is 9.18. The standard InChI is InChI=1S/C19H31NO/c1-6-10-19(15-20-14-9-12-18(5)21)13-8-11-17(4)16(3)7-2/h6,8,13-14,18-19,21H,1,3-4,7,9-12,15H2,2,5H3/b13-8?,20-14-. The average Bonchev–Trinajstić information content (AvgIpc) is 2.45. The number of rotatable bonds is 12. The Labute approximate surface area is 130 Å². The lowest BCUT2D eigenvalue weighted by Gasteiger charge is -2.08. The topological polar surface area (TPSA) is 32.6 Å². The van der Waals surface area contributed by atoms with Crippen LogP contribution in [0.2, 0.25) is 0 Å². The second kappa shape index (κ2) is 12.3. The molecule has 2 nitrogen and oxygen atoms in total. The van der Waals surface area contributed by atoms with Crippen LogP contribution < -0.4 is 0 Å². The van der Waals surface area contributed by atoms with Gasteiger partial charge in [0.05, 0.1) is 6.10 Å². The van der Waals surface area contributed by atoms with Crippen LogP contribution in [0.15, 0.2) is 54.1 Å². The van der Waals surface area contributed by atoms with E-state index in [2.05, 4.69) is 43.8 Å². The molecule has 2 heteroatoms. The van der Waals surface area contributed by atoms with Gasteiger partial charge in [-0.1, -0.05) is 43.9 Å². The number of hydrogen-bond donors (Lipinski definition) is 1. The lowest BCUT2D eigenvalue weighted by molar-refractivity contribution is 0.187. The van der Waals surface area contributed by atoms with Crippen molar-refractivity contribution in [1.82, 2.24) is 0 Å². The number of nitrogens with zero attached hydrogens (tertiary/aromatic N) is 1. The minimum Gasteiger partial charge on any atom is -0.393 e. The molecule has 0 bridgehead atoms. The number of aliphatic imine (C=N–C) groups is 1. The summed E-state index contributed by atoms with van der Waals surface area (Å²) in [4.78, 5) is 4.44. The van der Waals surface area contributed by atoms with Gasteiger partial charge in [-0.25, -0.2) is 0 Å². The van der Waals surface area contributed by atoms with Crippen molar-refractivity contribution in [1.29, 1.82) is 0 Å². The molecular formula is C19H31NO. The predicted octanol–water partition coefficient (Wildman–Crippen LogP) is 4.88. The van der Waals surface area contributed by atoms with E-state index < -0.39 is 0 Å². The lowest BCUT2D eigenvalue weighted by atomic mass is 10.0. The van der Waals surface area contributed by atoms with E-state index in [4.69, 9.17) is 0 Å². The van der Waals surface area contributed by atoms with Crippen molar-refractivity contribution in [3.05, 3.63) is 49.1 Å². The highest BCUT2D eigenvalue weighted by Gasteiger charge is 2.01. The van der Waals surface area contributed by atoms with Crippen LogP contribution in [0.25, 0.3) is 0 Å². The molecule has 118 valence electrons. The average molecular weight is 289 g/mol. The van der Waals surface area contributed by atoms with Gasteiger partial charge in [0.1, 0.15) is 0 Å². The molecule has 0 amide bonds. The first kappa shape index (κ1) is 19.6. The summed E-state index contributed by atoms with van der Waals surface area (Å²) in [5.74, 6) is 0.382. The fourth-order valence-electron chi connectivity index (χ4n) is 1.84. The molecule has 2 atom stereocenters. The first-order valence-corrected chi connectivity index (χ1v) is 7.81. The maximum Gasteiger partial charge on any atom is 0.0515 e. The third kappa shape index (κ3) is 11.0. The quantitative estimate of drug-likeness (QED) is 0.310. The van der Waals surface area contributed by atoms with Gasteiger partial charge >= 0.3 is 0 Å². The zero-order chi connectivity index (χ0) is 16.1. The summed E-state index contributed by atoms with van der Waals surface area (Å²) in [5.41, 5.74) is 2.22. The predicted molar refractivity (Wildman–Crippen MR) is 94.9 cm³/mol. The Morgan fingerprint density at radius 2 is 2.00 bits per heavy atom. The van der Waals surface area contributed by atoms with Crippen molar-refractivity contribution in [2.24, 2.45) is 10.9 Å². The molecular weight excluding hydrogens is 258 g/mol. The summed E-state index contributed by atoms with van der Waals surface area (Å²) in [6.45, 7) is 16.5. The fourth-order valence-corrected chi connectivity index (χ4v) is 1.84. The molecule has 0 aromatic heterocycles. The summed E-state index contributed by atoms with van der Waals surface area (Å²) in [6, 6.07) is 0. The number of allylic oxidation sites excluding steroid dienone is 4. The van der Waals surface area contributed by atoms with E-state index in [1.807, 2.05) is 12.3 Å². The molecule has 0 saturated heterocycles. The molecule has 0 aliphatic heterocycles. The molecule has 21 heavy (non-hydrogen) atoms. The molecule has 0 rings (SSSR count). The summed E-state index contributed by atoms with van der Waals surface area (Å²) >= 11 is 0. The van der Waals surface area contributed by atoms with Gasteiger partial charge in [0.25, 0.3) is 0 Å². The van der Waals surface area contributed by atoms with Gasteiger partial charge in [-0.05, 0) is 56.7 Å². The highest BCUT2D eigenvalue weighted by atomic mass is 16.3. The van der Waals surface area contributed by atoms with E-state index in [9.17, 15) is 5.11 Å². The lowest BCUT2D eigenvalue weighted by Crippen LogP contribution is -2.02. The van der Waals surface area contributed by atoms with Gasteiger partial charge in [0.15, 0.2) is 0 Å². The van der Waals surface area contributed by atoms with E-state index in [0.29, 0.717) is 5.92 Å².